The molecule has 0 bridgehead atoms. The summed E-state index contributed by atoms with van der Waals surface area (Å²) >= 11 is 0. The SMILES string of the molecule is FOC1(OF)CC(OF)(OF)C1(OF)OF. The zero-order valence-corrected chi connectivity index (χ0v) is 6.92. The third-order valence-corrected chi connectivity index (χ3v) is 2.18. The predicted molar refractivity (Wildman–Crippen MR) is 26.0 cm³/mol. The molecule has 0 aliphatic heterocycles. The van der Waals surface area contributed by atoms with Gasteiger partial charge in [0.1, 0.15) is 0 Å². The summed E-state index contributed by atoms with van der Waals surface area (Å²) in [5.74, 6) is -11.3. The van der Waals surface area contributed by atoms with Crippen LogP contribution in [0.2, 0.25) is 0 Å². The summed E-state index contributed by atoms with van der Waals surface area (Å²) in [5, 5.41) is 0. The maximum Gasteiger partial charge on any atom is 0.362 e. The van der Waals surface area contributed by atoms with E-state index >= 15 is 0 Å². The maximum atomic E-state index is 12.0. The van der Waals surface area contributed by atoms with Crippen molar-refractivity contribution in [2.45, 2.75) is 23.8 Å². The van der Waals surface area contributed by atoms with Gasteiger partial charge >= 0.3 is 17.4 Å². The summed E-state index contributed by atoms with van der Waals surface area (Å²) in [6.45, 7) is 0. The van der Waals surface area contributed by atoms with Gasteiger partial charge in [-0.05, 0) is 27.2 Å². The molecule has 0 aromatic rings. The van der Waals surface area contributed by atoms with E-state index in [2.05, 4.69) is 29.6 Å². The minimum atomic E-state index is -4.09. The molecule has 1 rings (SSSR count). The lowest BCUT2D eigenvalue weighted by Crippen LogP contribution is -2.82. The molecule has 0 spiro atoms. The molecule has 1 fully saturated rings. The van der Waals surface area contributed by atoms with Crippen molar-refractivity contribution in [1.29, 1.82) is 0 Å². The van der Waals surface area contributed by atoms with Gasteiger partial charge in [-0.1, -0.05) is 0 Å². The van der Waals surface area contributed by atoms with E-state index in [-0.39, 0.29) is 0 Å². The molecule has 1 saturated carbocycles. The molecule has 0 radical (unpaired) electrons. The van der Waals surface area contributed by atoms with E-state index in [0.717, 1.165) is 0 Å². The normalized spacial score (nSPS) is 25.1. The van der Waals surface area contributed by atoms with Crippen molar-refractivity contribution in [3.05, 3.63) is 0 Å². The van der Waals surface area contributed by atoms with Gasteiger partial charge in [-0.25, -0.2) is 0 Å². The van der Waals surface area contributed by atoms with Gasteiger partial charge in [-0.15, -0.1) is 29.6 Å². The Morgan fingerprint density at radius 1 is 0.562 bits per heavy atom. The first-order chi connectivity index (χ1) is 7.57. The van der Waals surface area contributed by atoms with Crippen molar-refractivity contribution in [1.82, 2.24) is 0 Å². The third-order valence-electron chi connectivity index (χ3n) is 2.18. The van der Waals surface area contributed by atoms with Crippen LogP contribution in [0, 0.1) is 0 Å². The van der Waals surface area contributed by atoms with Crippen molar-refractivity contribution in [2.24, 2.45) is 0 Å². The first kappa shape index (κ1) is 13.4. The molecular formula is C4H2F6O6. The summed E-state index contributed by atoms with van der Waals surface area (Å²) in [7, 11) is 0. The molecule has 6 nitrogen and oxygen atoms in total. The van der Waals surface area contributed by atoms with Crippen LogP contribution < -0.4 is 0 Å². The third kappa shape index (κ3) is 1.19. The number of hydrogen-bond acceptors (Lipinski definition) is 6. The molecule has 0 amide bonds. The van der Waals surface area contributed by atoms with Crippen LogP contribution in [-0.4, -0.2) is 17.4 Å². The van der Waals surface area contributed by atoms with Crippen LogP contribution in [0.3, 0.4) is 0 Å². The van der Waals surface area contributed by atoms with Gasteiger partial charge in [-0.3, -0.25) is 0 Å². The minimum absolute atomic E-state index is 1.63. The Bertz CT molecular complexity index is 219. The monoisotopic (exact) mass is 260 g/mol. The molecule has 0 atom stereocenters. The summed E-state index contributed by atoms with van der Waals surface area (Å²) in [6.07, 6.45) is -1.63. The van der Waals surface area contributed by atoms with E-state index in [1.807, 2.05) is 0 Å². The van der Waals surface area contributed by atoms with Crippen LogP contribution in [-0.2, 0) is 29.6 Å². The van der Waals surface area contributed by atoms with Gasteiger partial charge in [-0.2, -0.15) is 0 Å². The van der Waals surface area contributed by atoms with E-state index in [9.17, 15) is 27.2 Å². The van der Waals surface area contributed by atoms with Crippen molar-refractivity contribution in [3.63, 3.8) is 0 Å². The maximum absolute atomic E-state index is 12.0. The second kappa shape index (κ2) is 4.31. The molecule has 96 valence electrons. The van der Waals surface area contributed by atoms with Crippen molar-refractivity contribution in [3.8, 4) is 0 Å². The van der Waals surface area contributed by atoms with Crippen LogP contribution in [0.25, 0.3) is 0 Å². The van der Waals surface area contributed by atoms with E-state index in [1.165, 1.54) is 0 Å². The van der Waals surface area contributed by atoms with Crippen LogP contribution in [0.1, 0.15) is 6.42 Å². The summed E-state index contributed by atoms with van der Waals surface area (Å²) < 4.78 is 71.4. The van der Waals surface area contributed by atoms with Gasteiger partial charge in [0.2, 0.25) is 0 Å². The van der Waals surface area contributed by atoms with Crippen molar-refractivity contribution in [2.75, 3.05) is 0 Å². The average Bonchev–Trinajstić information content (AvgIpc) is 2.32. The average molecular weight is 260 g/mol. The Labute approximate surface area is 81.9 Å². The molecule has 0 saturated heterocycles. The molecule has 0 N–H and O–H groups in total. The quantitative estimate of drug-likeness (QED) is 0.537. The van der Waals surface area contributed by atoms with Gasteiger partial charge in [0.15, 0.2) is 0 Å². The zero-order chi connectivity index (χ0) is 12.4. The zero-order valence-electron chi connectivity index (χ0n) is 6.92. The molecule has 0 heterocycles. The fourth-order valence-electron chi connectivity index (χ4n) is 1.31. The molecule has 12 heteroatoms. The lowest BCUT2D eigenvalue weighted by molar-refractivity contribution is -0.682. The standard InChI is InChI=1S/C4H2F6O6/c5-11-2(12-6)1-3(13-7,14-8)4(2,15-9)16-10/h1H2. The van der Waals surface area contributed by atoms with Gasteiger partial charge in [0.25, 0.3) is 0 Å². The largest absolute Gasteiger partial charge is 0.362 e. The predicted octanol–water partition coefficient (Wildman–Crippen LogP) is 1.89. The first-order valence-electron chi connectivity index (χ1n) is 3.36. The summed E-state index contributed by atoms with van der Waals surface area (Å²) in [5.41, 5.74) is 0. The molecule has 16 heavy (non-hydrogen) atoms. The van der Waals surface area contributed by atoms with Crippen LogP contribution in [0.15, 0.2) is 0 Å². The smallest absolute Gasteiger partial charge is 0.148 e. The Morgan fingerprint density at radius 2 is 0.875 bits per heavy atom. The van der Waals surface area contributed by atoms with Crippen molar-refractivity contribution >= 4 is 0 Å². The Kier molecular flexibility index (Phi) is 3.61. The second-order valence-corrected chi connectivity index (χ2v) is 2.76. The highest BCUT2D eigenvalue weighted by atomic mass is 19.3. The lowest BCUT2D eigenvalue weighted by Gasteiger charge is -2.53. The number of hydrogen-bond donors (Lipinski definition) is 0. The number of rotatable bonds is 6. The van der Waals surface area contributed by atoms with E-state index < -0.39 is 23.8 Å². The first-order valence-corrected chi connectivity index (χ1v) is 3.36. The molecule has 0 aromatic carbocycles. The summed E-state index contributed by atoms with van der Waals surface area (Å²) in [6, 6.07) is 0. The molecule has 1 aliphatic rings. The summed E-state index contributed by atoms with van der Waals surface area (Å²) in [4.78, 5) is 15.8. The number of halogens is 6. The Hall–Kier alpha value is -0.660. The molecular weight excluding hydrogens is 258 g/mol. The Morgan fingerprint density at radius 3 is 1.06 bits per heavy atom. The fraction of sp³-hybridized carbons (Fsp3) is 1.00. The van der Waals surface area contributed by atoms with Gasteiger partial charge in [0.05, 0.1) is 6.42 Å². The van der Waals surface area contributed by atoms with Crippen LogP contribution >= 0.6 is 0 Å². The van der Waals surface area contributed by atoms with Crippen molar-refractivity contribution < 1.29 is 56.8 Å². The highest BCUT2D eigenvalue weighted by molar-refractivity contribution is 5.11. The molecule has 0 aromatic heterocycles. The highest BCUT2D eigenvalue weighted by Gasteiger charge is 2.90. The van der Waals surface area contributed by atoms with E-state index in [0.29, 0.717) is 0 Å². The highest BCUT2D eigenvalue weighted by Crippen LogP contribution is 2.60. The lowest BCUT2D eigenvalue weighted by atomic mass is 9.76. The molecule has 0 unspecified atom stereocenters. The topological polar surface area (TPSA) is 55.4 Å². The van der Waals surface area contributed by atoms with E-state index in [4.69, 9.17) is 0 Å². The van der Waals surface area contributed by atoms with Gasteiger partial charge in [0, 0.05) is 0 Å². The van der Waals surface area contributed by atoms with E-state index in [1.54, 1.807) is 0 Å². The second-order valence-electron chi connectivity index (χ2n) is 2.76. The fourth-order valence-corrected chi connectivity index (χ4v) is 1.31. The van der Waals surface area contributed by atoms with Crippen LogP contribution in [0.5, 0.6) is 0 Å². The van der Waals surface area contributed by atoms with Gasteiger partial charge < -0.3 is 0 Å². The Balaban J connectivity index is 3.15. The van der Waals surface area contributed by atoms with Crippen LogP contribution in [0.4, 0.5) is 27.2 Å². The molecule has 1 aliphatic carbocycles. The minimum Gasteiger partial charge on any atom is -0.148 e.